The third-order valence-electron chi connectivity index (χ3n) is 6.86. The molecular formula is C29H35N3O5. The molecule has 2 N–H and O–H groups in total. The lowest BCUT2D eigenvalue weighted by Gasteiger charge is -2.36. The highest BCUT2D eigenvalue weighted by Crippen LogP contribution is 2.34. The van der Waals surface area contributed by atoms with Crippen molar-refractivity contribution in [3.05, 3.63) is 78.0 Å². The Hall–Kier alpha value is -3.17. The van der Waals surface area contributed by atoms with Crippen LogP contribution in [0.25, 0.3) is 0 Å². The molecular weight excluding hydrogens is 470 g/mol. The lowest BCUT2D eigenvalue weighted by Crippen LogP contribution is -2.49. The van der Waals surface area contributed by atoms with Gasteiger partial charge < -0.3 is 34.3 Å². The number of methoxy groups -OCH3 is 1. The molecule has 0 bridgehead atoms. The lowest BCUT2D eigenvalue weighted by molar-refractivity contribution is -0.0328. The largest absolute Gasteiger partial charge is 0.490 e. The summed E-state index contributed by atoms with van der Waals surface area (Å²) in [6.07, 6.45) is 1.95. The molecule has 8 heteroatoms. The summed E-state index contributed by atoms with van der Waals surface area (Å²) in [5, 5.41) is 14.2. The second-order valence-corrected chi connectivity index (χ2v) is 9.42. The average molecular weight is 506 g/mol. The van der Waals surface area contributed by atoms with E-state index in [-0.39, 0.29) is 12.0 Å². The van der Waals surface area contributed by atoms with Gasteiger partial charge in [0.1, 0.15) is 18.1 Å². The first-order valence-electron chi connectivity index (χ1n) is 12.9. The van der Waals surface area contributed by atoms with E-state index in [1.165, 1.54) is 0 Å². The van der Waals surface area contributed by atoms with Gasteiger partial charge in [-0.1, -0.05) is 24.3 Å². The van der Waals surface area contributed by atoms with Crippen molar-refractivity contribution in [3.63, 3.8) is 0 Å². The Labute approximate surface area is 218 Å². The molecule has 1 saturated heterocycles. The van der Waals surface area contributed by atoms with Gasteiger partial charge in [0.05, 0.1) is 31.0 Å². The van der Waals surface area contributed by atoms with Crippen LogP contribution in [0.2, 0.25) is 0 Å². The smallest absolute Gasteiger partial charge is 0.219 e. The van der Waals surface area contributed by atoms with Crippen LogP contribution in [0.1, 0.15) is 23.5 Å². The van der Waals surface area contributed by atoms with Gasteiger partial charge >= 0.3 is 0 Å². The highest BCUT2D eigenvalue weighted by Gasteiger charge is 2.34. The average Bonchev–Trinajstić information content (AvgIpc) is 2.93. The Morgan fingerprint density at radius 1 is 1.11 bits per heavy atom. The molecule has 0 spiro atoms. The molecule has 5 rings (SSSR count). The fraction of sp³-hybridized carbons (Fsp3) is 0.414. The quantitative estimate of drug-likeness (QED) is 0.403. The van der Waals surface area contributed by atoms with Crippen LogP contribution in [0, 0.1) is 0 Å². The van der Waals surface area contributed by atoms with Crippen LogP contribution in [0.15, 0.2) is 66.9 Å². The van der Waals surface area contributed by atoms with Crippen LogP contribution in [0.4, 0.5) is 5.69 Å². The van der Waals surface area contributed by atoms with Gasteiger partial charge in [-0.25, -0.2) is 4.98 Å². The molecule has 0 amide bonds. The number of hydrogen-bond acceptors (Lipinski definition) is 8. The molecule has 8 nitrogen and oxygen atoms in total. The van der Waals surface area contributed by atoms with Crippen LogP contribution in [-0.2, 0) is 16.1 Å². The maximum Gasteiger partial charge on any atom is 0.219 e. The fourth-order valence-electron chi connectivity index (χ4n) is 5.00. The normalized spacial score (nSPS) is 21.2. The lowest BCUT2D eigenvalue weighted by atomic mass is 9.85. The van der Waals surface area contributed by atoms with Crippen LogP contribution in [0.3, 0.4) is 0 Å². The molecule has 2 aromatic carbocycles. The van der Waals surface area contributed by atoms with Gasteiger partial charge in [0.25, 0.3) is 0 Å². The molecule has 3 atom stereocenters. The Bertz CT molecular complexity index is 1130. The van der Waals surface area contributed by atoms with Crippen molar-refractivity contribution in [3.8, 4) is 17.4 Å². The van der Waals surface area contributed by atoms with Gasteiger partial charge in [0.15, 0.2) is 0 Å². The fourth-order valence-corrected chi connectivity index (χ4v) is 5.00. The molecule has 0 radical (unpaired) electrons. The highest BCUT2D eigenvalue weighted by molar-refractivity contribution is 5.61. The number of ether oxygens (including phenoxy) is 4. The molecule has 0 saturated carbocycles. The Morgan fingerprint density at radius 2 is 2.00 bits per heavy atom. The van der Waals surface area contributed by atoms with Gasteiger partial charge in [0, 0.05) is 51.5 Å². The minimum atomic E-state index is -0.547. The third-order valence-corrected chi connectivity index (χ3v) is 6.86. The highest BCUT2D eigenvalue weighted by atomic mass is 16.5. The zero-order chi connectivity index (χ0) is 25.5. The van der Waals surface area contributed by atoms with Crippen molar-refractivity contribution in [1.29, 1.82) is 0 Å². The summed E-state index contributed by atoms with van der Waals surface area (Å²) in [7, 11) is 1.73. The SMILES string of the molecule is COCCCN1CCOc2ccc(COC3CNCC(O)C3c3ccc(Oc4ccccn4)cc3)cc21. The standard InChI is InChI=1S/C29H35N3O5/c1-34-15-4-13-32-14-16-35-26-11-6-21(17-24(26)32)20-36-27-19-30-18-25(33)29(27)22-7-9-23(10-8-22)37-28-5-2-3-12-31-28/h2-3,5-12,17,25,27,29-30,33H,4,13-16,18-20H2,1H3. The summed E-state index contributed by atoms with van der Waals surface area (Å²) < 4.78 is 23.3. The zero-order valence-corrected chi connectivity index (χ0v) is 21.2. The molecule has 0 aliphatic carbocycles. The van der Waals surface area contributed by atoms with Gasteiger partial charge in [-0.3, -0.25) is 0 Å². The number of rotatable bonds is 10. The van der Waals surface area contributed by atoms with Crippen LogP contribution < -0.4 is 19.7 Å². The Kier molecular flexibility index (Phi) is 8.53. The van der Waals surface area contributed by atoms with Gasteiger partial charge in [-0.15, -0.1) is 0 Å². The van der Waals surface area contributed by atoms with E-state index in [1.807, 2.05) is 48.5 Å². The van der Waals surface area contributed by atoms with Crippen LogP contribution in [0.5, 0.6) is 17.4 Å². The first kappa shape index (κ1) is 25.5. The first-order valence-corrected chi connectivity index (χ1v) is 12.9. The summed E-state index contributed by atoms with van der Waals surface area (Å²) in [5.41, 5.74) is 3.21. The molecule has 3 unspecified atom stereocenters. The number of anilines is 1. The summed E-state index contributed by atoms with van der Waals surface area (Å²) >= 11 is 0. The van der Waals surface area contributed by atoms with E-state index >= 15 is 0 Å². The third kappa shape index (κ3) is 6.40. The van der Waals surface area contributed by atoms with E-state index in [0.29, 0.717) is 37.9 Å². The minimum absolute atomic E-state index is 0.142. The molecule has 2 aliphatic heterocycles. The zero-order valence-electron chi connectivity index (χ0n) is 21.2. The molecule has 3 heterocycles. The summed E-state index contributed by atoms with van der Waals surface area (Å²) in [6.45, 7) is 4.88. The van der Waals surface area contributed by atoms with Gasteiger partial charge in [0.2, 0.25) is 5.88 Å². The van der Waals surface area contributed by atoms with Crippen molar-refractivity contribution in [2.75, 3.05) is 51.4 Å². The number of aliphatic hydroxyl groups excluding tert-OH is 1. The second kappa shape index (κ2) is 12.4. The van der Waals surface area contributed by atoms with E-state index in [0.717, 1.165) is 48.7 Å². The minimum Gasteiger partial charge on any atom is -0.490 e. The van der Waals surface area contributed by atoms with Crippen LogP contribution in [-0.4, -0.2) is 68.8 Å². The monoisotopic (exact) mass is 505 g/mol. The number of nitrogens with zero attached hydrogens (tertiary/aromatic N) is 2. The number of pyridine rings is 1. The van der Waals surface area contributed by atoms with Gasteiger partial charge in [-0.05, 0) is 47.9 Å². The topological polar surface area (TPSA) is 85.3 Å². The van der Waals surface area contributed by atoms with Crippen molar-refractivity contribution in [2.24, 2.45) is 0 Å². The van der Waals surface area contributed by atoms with E-state index in [1.54, 1.807) is 13.3 Å². The number of aromatic nitrogens is 1. The summed E-state index contributed by atoms with van der Waals surface area (Å²) in [4.78, 5) is 6.56. The molecule has 1 fully saturated rings. The number of piperidine rings is 1. The van der Waals surface area contributed by atoms with E-state index < -0.39 is 6.10 Å². The second-order valence-electron chi connectivity index (χ2n) is 9.42. The molecule has 1 aromatic heterocycles. The van der Waals surface area contributed by atoms with E-state index in [9.17, 15) is 5.11 Å². The Morgan fingerprint density at radius 3 is 2.81 bits per heavy atom. The number of benzene rings is 2. The van der Waals surface area contributed by atoms with Crippen molar-refractivity contribution in [1.82, 2.24) is 10.3 Å². The molecule has 3 aromatic rings. The number of fused-ring (bicyclic) bond motifs is 1. The number of aliphatic hydroxyl groups is 1. The Balaban J connectivity index is 1.25. The first-order chi connectivity index (χ1) is 18.2. The summed E-state index contributed by atoms with van der Waals surface area (Å²) in [6, 6.07) is 19.6. The van der Waals surface area contributed by atoms with E-state index in [2.05, 4.69) is 27.3 Å². The maximum atomic E-state index is 10.9. The molecule has 37 heavy (non-hydrogen) atoms. The number of nitrogens with one attached hydrogen (secondary N) is 1. The predicted octanol–water partition coefficient (Wildman–Crippen LogP) is 3.74. The predicted molar refractivity (Wildman–Crippen MR) is 142 cm³/mol. The van der Waals surface area contributed by atoms with Crippen LogP contribution >= 0.6 is 0 Å². The summed E-state index contributed by atoms with van der Waals surface area (Å²) in [5.74, 6) is 2.02. The van der Waals surface area contributed by atoms with Crippen molar-refractivity contribution < 1.29 is 24.1 Å². The molecule has 2 aliphatic rings. The van der Waals surface area contributed by atoms with Crippen molar-refractivity contribution in [2.45, 2.75) is 31.2 Å². The van der Waals surface area contributed by atoms with E-state index in [4.69, 9.17) is 18.9 Å². The number of hydrogen-bond donors (Lipinski definition) is 2. The molecule has 196 valence electrons. The van der Waals surface area contributed by atoms with Gasteiger partial charge in [-0.2, -0.15) is 0 Å². The number of β-amino-alcohol motifs (C(OH)–C–C–N with tert-alkyl or cyclic N) is 1. The van der Waals surface area contributed by atoms with Crippen molar-refractivity contribution >= 4 is 5.69 Å². The maximum absolute atomic E-state index is 10.9.